The Kier molecular flexibility index (Phi) is 6.66. The second-order valence-corrected chi connectivity index (χ2v) is 7.75. The van der Waals surface area contributed by atoms with Crippen molar-refractivity contribution >= 4 is 22.6 Å². The first-order chi connectivity index (χ1) is 15.6. The first-order valence-electron chi connectivity index (χ1n) is 10.8. The predicted octanol–water partition coefficient (Wildman–Crippen LogP) is 5.34. The highest BCUT2D eigenvalue weighted by molar-refractivity contribution is 5.99. The molecule has 1 N–H and O–H groups in total. The largest absolute Gasteiger partial charge is 0.467 e. The molecule has 5 heteroatoms. The highest BCUT2D eigenvalue weighted by atomic mass is 16.3. The molecule has 0 radical (unpaired) electrons. The molecule has 0 spiro atoms. The lowest BCUT2D eigenvalue weighted by Gasteiger charge is -2.30. The van der Waals surface area contributed by atoms with Crippen LogP contribution in [-0.2, 0) is 11.3 Å². The number of nitrogens with zero attached hydrogens (tertiary/aromatic N) is 1. The minimum atomic E-state index is -0.173. The van der Waals surface area contributed by atoms with Crippen molar-refractivity contribution in [3.63, 3.8) is 0 Å². The third kappa shape index (κ3) is 5.06. The molecule has 5 nitrogen and oxygen atoms in total. The van der Waals surface area contributed by atoms with Crippen molar-refractivity contribution in [1.29, 1.82) is 0 Å². The van der Waals surface area contributed by atoms with Crippen LogP contribution in [0, 0.1) is 0 Å². The van der Waals surface area contributed by atoms with E-state index in [-0.39, 0.29) is 24.3 Å². The number of amides is 2. The average molecular weight is 427 g/mol. The van der Waals surface area contributed by atoms with Crippen molar-refractivity contribution in [2.75, 3.05) is 6.54 Å². The molecule has 32 heavy (non-hydrogen) atoms. The Morgan fingerprint density at radius 3 is 2.41 bits per heavy atom. The van der Waals surface area contributed by atoms with Crippen LogP contribution in [0.2, 0.25) is 0 Å². The normalized spacial score (nSPS) is 11.8. The second-order valence-electron chi connectivity index (χ2n) is 7.75. The monoisotopic (exact) mass is 426 g/mol. The quantitative estimate of drug-likeness (QED) is 0.413. The summed E-state index contributed by atoms with van der Waals surface area (Å²) in [6.07, 6.45) is 1.78. The lowest BCUT2D eigenvalue weighted by molar-refractivity contribution is -0.121. The Labute approximate surface area is 187 Å². The molecule has 1 aromatic heterocycles. The summed E-state index contributed by atoms with van der Waals surface area (Å²) in [5.74, 6) is 0.476. The van der Waals surface area contributed by atoms with E-state index in [4.69, 9.17) is 4.42 Å². The van der Waals surface area contributed by atoms with E-state index in [0.29, 0.717) is 24.4 Å². The van der Waals surface area contributed by atoms with E-state index in [2.05, 4.69) is 5.32 Å². The number of furan rings is 1. The maximum absolute atomic E-state index is 13.5. The molecule has 0 aliphatic rings. The Morgan fingerprint density at radius 2 is 1.66 bits per heavy atom. The smallest absolute Gasteiger partial charge is 0.254 e. The lowest BCUT2D eigenvalue weighted by Crippen LogP contribution is -2.37. The fraction of sp³-hybridized carbons (Fsp3) is 0.185. The maximum atomic E-state index is 13.5. The van der Waals surface area contributed by atoms with E-state index >= 15 is 0 Å². The fourth-order valence-corrected chi connectivity index (χ4v) is 3.78. The maximum Gasteiger partial charge on any atom is 0.254 e. The Balaban J connectivity index is 1.52. The summed E-state index contributed by atoms with van der Waals surface area (Å²) in [5.41, 5.74) is 1.64. The van der Waals surface area contributed by atoms with Crippen molar-refractivity contribution in [2.45, 2.75) is 25.9 Å². The van der Waals surface area contributed by atoms with Crippen LogP contribution >= 0.6 is 0 Å². The SMILES string of the molecule is CC(c1ccccc1)N(CCC(=O)NCc1ccco1)C(=O)c1ccc2ccccc2c1. The van der Waals surface area contributed by atoms with Gasteiger partial charge in [-0.1, -0.05) is 60.7 Å². The second kappa shape index (κ2) is 9.96. The fourth-order valence-electron chi connectivity index (χ4n) is 3.78. The summed E-state index contributed by atoms with van der Waals surface area (Å²) < 4.78 is 5.26. The number of hydrogen-bond donors (Lipinski definition) is 1. The van der Waals surface area contributed by atoms with Crippen molar-refractivity contribution < 1.29 is 14.0 Å². The van der Waals surface area contributed by atoms with Crippen LogP contribution in [0.1, 0.15) is 41.1 Å². The molecular formula is C27H26N2O3. The van der Waals surface area contributed by atoms with Crippen LogP contribution in [0.5, 0.6) is 0 Å². The van der Waals surface area contributed by atoms with Crippen LogP contribution in [0.4, 0.5) is 0 Å². The molecule has 4 aromatic rings. The molecule has 1 atom stereocenters. The summed E-state index contributed by atoms with van der Waals surface area (Å²) in [5, 5.41) is 4.95. The molecule has 0 saturated heterocycles. The van der Waals surface area contributed by atoms with Gasteiger partial charge in [-0.05, 0) is 47.5 Å². The molecule has 0 aliphatic carbocycles. The van der Waals surface area contributed by atoms with Gasteiger partial charge in [-0.3, -0.25) is 9.59 Å². The minimum absolute atomic E-state index is 0.0917. The van der Waals surface area contributed by atoms with Gasteiger partial charge in [0.1, 0.15) is 5.76 Å². The molecule has 4 rings (SSSR count). The number of fused-ring (bicyclic) bond motifs is 1. The van der Waals surface area contributed by atoms with Crippen LogP contribution in [0.25, 0.3) is 10.8 Å². The molecular weight excluding hydrogens is 400 g/mol. The van der Waals surface area contributed by atoms with Crippen molar-refractivity contribution in [3.8, 4) is 0 Å². The van der Waals surface area contributed by atoms with Gasteiger partial charge >= 0.3 is 0 Å². The summed E-state index contributed by atoms with van der Waals surface area (Å²) in [6, 6.07) is 27.0. The molecule has 3 aromatic carbocycles. The molecule has 1 unspecified atom stereocenters. The van der Waals surface area contributed by atoms with Gasteiger partial charge in [0.15, 0.2) is 0 Å². The topological polar surface area (TPSA) is 62.6 Å². The first kappa shape index (κ1) is 21.4. The molecule has 0 aliphatic heterocycles. The highest BCUT2D eigenvalue weighted by Gasteiger charge is 2.23. The minimum Gasteiger partial charge on any atom is -0.467 e. The number of nitrogens with one attached hydrogen (secondary N) is 1. The van der Waals surface area contributed by atoms with E-state index in [1.54, 1.807) is 17.2 Å². The van der Waals surface area contributed by atoms with E-state index in [0.717, 1.165) is 16.3 Å². The van der Waals surface area contributed by atoms with E-state index in [1.807, 2.05) is 85.8 Å². The first-order valence-corrected chi connectivity index (χ1v) is 10.8. The van der Waals surface area contributed by atoms with Gasteiger partial charge in [0.05, 0.1) is 18.8 Å². The van der Waals surface area contributed by atoms with Gasteiger partial charge in [0, 0.05) is 18.5 Å². The Bertz CT molecular complexity index is 1190. The van der Waals surface area contributed by atoms with Crippen LogP contribution in [-0.4, -0.2) is 23.3 Å². The number of benzene rings is 3. The van der Waals surface area contributed by atoms with Gasteiger partial charge in [-0.25, -0.2) is 0 Å². The molecule has 0 fully saturated rings. The van der Waals surface area contributed by atoms with Gasteiger partial charge in [-0.2, -0.15) is 0 Å². The zero-order valence-electron chi connectivity index (χ0n) is 18.0. The van der Waals surface area contributed by atoms with Crippen molar-refractivity contribution in [1.82, 2.24) is 10.2 Å². The molecule has 162 valence electrons. The third-order valence-corrected chi connectivity index (χ3v) is 5.63. The van der Waals surface area contributed by atoms with Crippen LogP contribution in [0.15, 0.2) is 95.6 Å². The standard InChI is InChI=1S/C27H26N2O3/c1-20(21-8-3-2-4-9-21)29(16-15-26(30)28-19-25-12-7-17-32-25)27(31)24-14-13-22-10-5-6-11-23(22)18-24/h2-14,17-18,20H,15-16,19H2,1H3,(H,28,30). The Morgan fingerprint density at radius 1 is 0.906 bits per heavy atom. The number of rotatable bonds is 8. The average Bonchev–Trinajstić information content (AvgIpc) is 3.36. The van der Waals surface area contributed by atoms with Gasteiger partial charge in [0.25, 0.3) is 5.91 Å². The predicted molar refractivity (Wildman–Crippen MR) is 125 cm³/mol. The zero-order valence-corrected chi connectivity index (χ0v) is 18.0. The molecule has 1 heterocycles. The number of carbonyl (C=O) groups is 2. The highest BCUT2D eigenvalue weighted by Crippen LogP contribution is 2.24. The van der Waals surface area contributed by atoms with Gasteiger partial charge in [-0.15, -0.1) is 0 Å². The summed E-state index contributed by atoms with van der Waals surface area (Å²) in [6.45, 7) is 2.64. The third-order valence-electron chi connectivity index (χ3n) is 5.63. The number of hydrogen-bond acceptors (Lipinski definition) is 3. The van der Waals surface area contributed by atoms with E-state index in [1.165, 1.54) is 0 Å². The van der Waals surface area contributed by atoms with E-state index in [9.17, 15) is 9.59 Å². The van der Waals surface area contributed by atoms with Crippen molar-refractivity contribution in [2.24, 2.45) is 0 Å². The summed E-state index contributed by atoms with van der Waals surface area (Å²) in [4.78, 5) is 27.8. The molecule has 2 amide bonds. The Hall–Kier alpha value is -3.86. The summed E-state index contributed by atoms with van der Waals surface area (Å²) >= 11 is 0. The molecule has 0 bridgehead atoms. The van der Waals surface area contributed by atoms with Crippen LogP contribution < -0.4 is 5.32 Å². The van der Waals surface area contributed by atoms with Crippen LogP contribution in [0.3, 0.4) is 0 Å². The zero-order chi connectivity index (χ0) is 22.3. The van der Waals surface area contributed by atoms with E-state index < -0.39 is 0 Å². The number of carbonyl (C=O) groups excluding carboxylic acids is 2. The van der Waals surface area contributed by atoms with Gasteiger partial charge in [0.2, 0.25) is 5.91 Å². The van der Waals surface area contributed by atoms with Crippen molar-refractivity contribution in [3.05, 3.63) is 108 Å². The summed E-state index contributed by atoms with van der Waals surface area (Å²) in [7, 11) is 0. The lowest BCUT2D eigenvalue weighted by atomic mass is 10.0. The molecule has 0 saturated carbocycles. The van der Waals surface area contributed by atoms with Gasteiger partial charge < -0.3 is 14.6 Å².